The molecule has 0 unspecified atom stereocenters. The Bertz CT molecular complexity index is 1160. The first-order chi connectivity index (χ1) is 15.5. The van der Waals surface area contributed by atoms with E-state index in [0.29, 0.717) is 17.0 Å². The van der Waals surface area contributed by atoms with E-state index in [9.17, 15) is 9.59 Å². The fourth-order valence-corrected chi connectivity index (χ4v) is 4.55. The highest BCUT2D eigenvalue weighted by Gasteiger charge is 2.27. The predicted octanol–water partition coefficient (Wildman–Crippen LogP) is 4.78. The zero-order chi connectivity index (χ0) is 22.5. The van der Waals surface area contributed by atoms with Crippen molar-refractivity contribution in [2.75, 3.05) is 25.6 Å². The van der Waals surface area contributed by atoms with E-state index in [2.05, 4.69) is 5.32 Å². The van der Waals surface area contributed by atoms with Crippen molar-refractivity contribution in [1.29, 1.82) is 0 Å². The van der Waals surface area contributed by atoms with E-state index in [0.717, 1.165) is 28.3 Å². The lowest BCUT2D eigenvalue weighted by Gasteiger charge is -2.27. The Morgan fingerprint density at radius 1 is 1.06 bits per heavy atom. The summed E-state index contributed by atoms with van der Waals surface area (Å²) in [6.45, 7) is 0.554. The fourth-order valence-electron chi connectivity index (χ4n) is 3.45. The lowest BCUT2D eigenvalue weighted by atomic mass is 10.1. The van der Waals surface area contributed by atoms with Gasteiger partial charge in [0.25, 0.3) is 11.8 Å². The lowest BCUT2D eigenvalue weighted by molar-refractivity contribution is -0.114. The van der Waals surface area contributed by atoms with Crippen LogP contribution in [-0.4, -0.2) is 32.5 Å². The molecule has 0 aliphatic carbocycles. The van der Waals surface area contributed by atoms with Gasteiger partial charge in [0.15, 0.2) is 0 Å². The molecule has 1 aliphatic heterocycles. The quantitative estimate of drug-likeness (QED) is 0.556. The molecule has 32 heavy (non-hydrogen) atoms. The number of hydrogen-bond donors (Lipinski definition) is 1. The van der Waals surface area contributed by atoms with E-state index in [1.807, 2.05) is 66.7 Å². The van der Waals surface area contributed by atoms with E-state index in [4.69, 9.17) is 4.74 Å². The topological polar surface area (TPSA) is 58.6 Å². The zero-order valence-electron chi connectivity index (χ0n) is 18.0. The van der Waals surface area contributed by atoms with Crippen LogP contribution < -0.4 is 15.0 Å². The van der Waals surface area contributed by atoms with Gasteiger partial charge in [-0.1, -0.05) is 54.2 Å². The van der Waals surface area contributed by atoms with Gasteiger partial charge in [-0.2, -0.15) is 0 Å². The normalized spacial score (nSPS) is 14.2. The van der Waals surface area contributed by atoms with Gasteiger partial charge in [0, 0.05) is 24.1 Å². The summed E-state index contributed by atoms with van der Waals surface area (Å²) in [6.07, 6.45) is 2.64. The van der Waals surface area contributed by atoms with E-state index in [-0.39, 0.29) is 11.8 Å². The number of nitrogens with zero attached hydrogens (tertiary/aromatic N) is 1. The van der Waals surface area contributed by atoms with Gasteiger partial charge in [-0.05, 0) is 54.0 Å². The number of anilines is 1. The van der Waals surface area contributed by atoms with Gasteiger partial charge >= 0.3 is 0 Å². The summed E-state index contributed by atoms with van der Waals surface area (Å²) in [4.78, 5) is 28.7. The summed E-state index contributed by atoms with van der Waals surface area (Å²) in [6, 6.07) is 23.1. The molecule has 0 saturated carbocycles. The van der Waals surface area contributed by atoms with Crippen molar-refractivity contribution in [2.45, 2.75) is 11.3 Å². The molecule has 3 aromatic carbocycles. The summed E-state index contributed by atoms with van der Waals surface area (Å²) >= 11 is 1.42. The Kier molecular flexibility index (Phi) is 6.61. The van der Waals surface area contributed by atoms with Crippen LogP contribution in [0, 0.1) is 0 Å². The lowest BCUT2D eigenvalue weighted by Crippen LogP contribution is -2.31. The van der Waals surface area contributed by atoms with Gasteiger partial charge in [-0.25, -0.2) is 0 Å². The number of benzene rings is 3. The third kappa shape index (κ3) is 4.86. The summed E-state index contributed by atoms with van der Waals surface area (Å²) < 4.78 is 5.19. The molecule has 0 fully saturated rings. The summed E-state index contributed by atoms with van der Waals surface area (Å²) in [5, 5.41) is 2.96. The minimum absolute atomic E-state index is 0.0973. The number of rotatable bonds is 6. The maximum Gasteiger partial charge on any atom is 0.264 e. The molecule has 1 N–H and O–H groups in total. The Hall–Kier alpha value is -3.51. The first-order valence-corrected chi connectivity index (χ1v) is 11.1. The second-order valence-electron chi connectivity index (χ2n) is 7.42. The molecule has 6 heteroatoms. The van der Waals surface area contributed by atoms with Crippen LogP contribution in [0.15, 0.2) is 82.6 Å². The number of methoxy groups -OCH3 is 1. The molecule has 4 rings (SSSR count). The van der Waals surface area contributed by atoms with Crippen molar-refractivity contribution in [3.63, 3.8) is 0 Å². The number of carbonyl (C=O) groups excluding carboxylic acids is 2. The monoisotopic (exact) mass is 444 g/mol. The number of carbonyl (C=O) groups is 2. The number of amides is 2. The Labute approximate surface area is 192 Å². The van der Waals surface area contributed by atoms with E-state index in [1.54, 1.807) is 31.2 Å². The third-order valence-electron chi connectivity index (χ3n) is 5.27. The number of nitrogens with one attached hydrogen (secondary N) is 1. The number of likely N-dealkylation sites (N-methyl/N-ethyl adjacent to an activating group) is 1. The third-order valence-corrected chi connectivity index (χ3v) is 6.35. The molecule has 0 atom stereocenters. The largest absolute Gasteiger partial charge is 0.497 e. The average Bonchev–Trinajstić information content (AvgIpc) is 2.83. The minimum atomic E-state index is -0.144. The van der Waals surface area contributed by atoms with Crippen LogP contribution in [0.25, 0.3) is 6.08 Å². The number of fused-ring (bicyclic) bond motifs is 1. The molecule has 0 bridgehead atoms. The number of ether oxygens (including phenoxy) is 1. The second-order valence-corrected chi connectivity index (χ2v) is 8.51. The molecular weight excluding hydrogens is 420 g/mol. The first kappa shape index (κ1) is 21.7. The molecule has 0 spiro atoms. The molecular formula is C26H24N2O3S. The van der Waals surface area contributed by atoms with Gasteiger partial charge in [-0.3, -0.25) is 9.59 Å². The van der Waals surface area contributed by atoms with Crippen LogP contribution in [0.3, 0.4) is 0 Å². The number of thioether (sulfide) groups is 1. The van der Waals surface area contributed by atoms with E-state index in [1.165, 1.54) is 17.3 Å². The van der Waals surface area contributed by atoms with Gasteiger partial charge in [-0.15, -0.1) is 0 Å². The zero-order valence-corrected chi connectivity index (χ0v) is 18.8. The Balaban J connectivity index is 1.47. The second kappa shape index (κ2) is 9.75. The minimum Gasteiger partial charge on any atom is -0.497 e. The van der Waals surface area contributed by atoms with E-state index < -0.39 is 0 Å². The van der Waals surface area contributed by atoms with Crippen LogP contribution >= 0.6 is 11.8 Å². The molecule has 162 valence electrons. The van der Waals surface area contributed by atoms with E-state index >= 15 is 0 Å². The molecule has 0 saturated heterocycles. The SMILES string of the molecule is COc1ccc(C=C2Sc3ccc(C(=O)NCCc4ccccc4)cc3N(C)C2=O)cc1. The van der Waals surface area contributed by atoms with Crippen molar-refractivity contribution in [2.24, 2.45) is 0 Å². The maximum atomic E-state index is 12.9. The van der Waals surface area contributed by atoms with Crippen molar-refractivity contribution < 1.29 is 14.3 Å². The molecule has 3 aromatic rings. The smallest absolute Gasteiger partial charge is 0.264 e. The Morgan fingerprint density at radius 3 is 2.53 bits per heavy atom. The van der Waals surface area contributed by atoms with Crippen LogP contribution in [0.4, 0.5) is 5.69 Å². The first-order valence-electron chi connectivity index (χ1n) is 10.3. The Morgan fingerprint density at radius 2 is 1.81 bits per heavy atom. The maximum absolute atomic E-state index is 12.9. The van der Waals surface area contributed by atoms with Gasteiger partial charge in [0.05, 0.1) is 17.7 Å². The van der Waals surface area contributed by atoms with Crippen LogP contribution in [0.2, 0.25) is 0 Å². The van der Waals surface area contributed by atoms with Crippen LogP contribution in [0.1, 0.15) is 21.5 Å². The summed E-state index contributed by atoms with van der Waals surface area (Å²) in [5.41, 5.74) is 3.38. The van der Waals surface area contributed by atoms with Gasteiger partial charge in [0.1, 0.15) is 5.75 Å². The molecule has 1 heterocycles. The summed E-state index contributed by atoms with van der Waals surface area (Å²) in [7, 11) is 3.36. The predicted molar refractivity (Wildman–Crippen MR) is 129 cm³/mol. The molecule has 1 aliphatic rings. The molecule has 0 radical (unpaired) electrons. The van der Waals surface area contributed by atoms with Crippen molar-refractivity contribution in [3.8, 4) is 5.75 Å². The molecule has 0 aromatic heterocycles. The molecule has 5 nitrogen and oxygen atoms in total. The highest BCUT2D eigenvalue weighted by molar-refractivity contribution is 8.04. The highest BCUT2D eigenvalue weighted by atomic mass is 32.2. The standard InChI is InChI=1S/C26H24N2O3S/c1-28-22-17-20(25(29)27-15-14-18-6-4-3-5-7-18)10-13-23(22)32-24(26(28)30)16-19-8-11-21(31-2)12-9-19/h3-13,16-17H,14-15H2,1-2H3,(H,27,29). The van der Waals surface area contributed by atoms with Gasteiger partial charge in [0.2, 0.25) is 0 Å². The van der Waals surface area contributed by atoms with Crippen molar-refractivity contribution in [3.05, 3.63) is 94.4 Å². The van der Waals surface area contributed by atoms with Crippen molar-refractivity contribution in [1.82, 2.24) is 5.32 Å². The van der Waals surface area contributed by atoms with Crippen LogP contribution in [0.5, 0.6) is 5.75 Å². The summed E-state index contributed by atoms with van der Waals surface area (Å²) in [5.74, 6) is 0.529. The average molecular weight is 445 g/mol. The number of hydrogen-bond acceptors (Lipinski definition) is 4. The molecule has 2 amide bonds. The fraction of sp³-hybridized carbons (Fsp3) is 0.154. The van der Waals surface area contributed by atoms with Crippen molar-refractivity contribution >= 4 is 35.3 Å². The highest BCUT2D eigenvalue weighted by Crippen LogP contribution is 2.42. The van der Waals surface area contributed by atoms with Gasteiger partial charge < -0.3 is 15.0 Å². The van der Waals surface area contributed by atoms with Crippen LogP contribution in [-0.2, 0) is 11.2 Å².